The molecule has 1 aromatic heterocycles. The van der Waals surface area contributed by atoms with Crippen LogP contribution in [0.15, 0.2) is 24.4 Å². The number of aliphatic carboxylic acids is 1. The van der Waals surface area contributed by atoms with Gasteiger partial charge in [-0.25, -0.2) is 0 Å². The molecule has 0 radical (unpaired) electrons. The van der Waals surface area contributed by atoms with Gasteiger partial charge in [-0.2, -0.15) is 5.10 Å². The van der Waals surface area contributed by atoms with Gasteiger partial charge in [-0.15, -0.1) is 0 Å². The second kappa shape index (κ2) is 5.51. The molecular weight excluding hydrogens is 246 g/mol. The highest BCUT2D eigenvalue weighted by Crippen LogP contribution is 2.13. The fraction of sp³-hybridized carbons (Fsp3) is 0.308. The van der Waals surface area contributed by atoms with Crippen LogP contribution in [0.25, 0.3) is 10.9 Å². The van der Waals surface area contributed by atoms with Gasteiger partial charge in [0.1, 0.15) is 0 Å². The molecule has 1 amide bonds. The summed E-state index contributed by atoms with van der Waals surface area (Å²) in [6, 6.07) is 4.83. The topological polar surface area (TPSA) is 95.1 Å². The maximum absolute atomic E-state index is 12.0. The molecule has 1 heterocycles. The number of hydrogen-bond donors (Lipinski definition) is 3. The molecule has 1 unspecified atom stereocenters. The molecule has 0 spiro atoms. The van der Waals surface area contributed by atoms with Gasteiger partial charge < -0.3 is 10.4 Å². The quantitative estimate of drug-likeness (QED) is 0.760. The van der Waals surface area contributed by atoms with Crippen molar-refractivity contribution in [2.24, 2.45) is 0 Å². The highest BCUT2D eigenvalue weighted by Gasteiger charge is 2.15. The zero-order chi connectivity index (χ0) is 13.8. The Bertz CT molecular complexity index is 606. The van der Waals surface area contributed by atoms with E-state index in [9.17, 15) is 9.59 Å². The number of nitrogens with zero attached hydrogens (tertiary/aromatic N) is 1. The number of H-pyrrole nitrogens is 1. The van der Waals surface area contributed by atoms with E-state index in [-0.39, 0.29) is 18.4 Å². The Morgan fingerprint density at radius 2 is 2.26 bits per heavy atom. The summed E-state index contributed by atoms with van der Waals surface area (Å²) in [5, 5.41) is 19.1. The lowest BCUT2D eigenvalue weighted by Crippen LogP contribution is -2.36. The first-order valence-electron chi connectivity index (χ1n) is 6.06. The predicted molar refractivity (Wildman–Crippen MR) is 69.9 cm³/mol. The number of carbonyl (C=O) groups excluding carboxylic acids is 1. The van der Waals surface area contributed by atoms with Gasteiger partial charge in [0.2, 0.25) is 0 Å². The van der Waals surface area contributed by atoms with Gasteiger partial charge in [0, 0.05) is 17.0 Å². The van der Waals surface area contributed by atoms with Crippen LogP contribution < -0.4 is 5.32 Å². The number of fused-ring (bicyclic) bond motifs is 1. The van der Waals surface area contributed by atoms with Crippen molar-refractivity contribution in [1.82, 2.24) is 15.5 Å². The molecule has 100 valence electrons. The molecule has 0 fully saturated rings. The van der Waals surface area contributed by atoms with Crippen molar-refractivity contribution in [1.29, 1.82) is 0 Å². The summed E-state index contributed by atoms with van der Waals surface area (Å²) in [6.07, 6.45) is 2.18. The van der Waals surface area contributed by atoms with Gasteiger partial charge in [-0.1, -0.05) is 13.0 Å². The molecule has 2 rings (SSSR count). The van der Waals surface area contributed by atoms with Crippen molar-refractivity contribution in [3.05, 3.63) is 30.0 Å². The normalized spacial score (nSPS) is 12.3. The van der Waals surface area contributed by atoms with E-state index in [2.05, 4.69) is 15.5 Å². The average molecular weight is 261 g/mol. The maximum atomic E-state index is 12.0. The van der Waals surface area contributed by atoms with Crippen LogP contribution >= 0.6 is 0 Å². The number of hydrogen-bond acceptors (Lipinski definition) is 3. The molecule has 6 nitrogen and oxygen atoms in total. The average Bonchev–Trinajstić information content (AvgIpc) is 2.84. The van der Waals surface area contributed by atoms with Gasteiger partial charge >= 0.3 is 5.97 Å². The summed E-state index contributed by atoms with van der Waals surface area (Å²) in [4.78, 5) is 22.7. The lowest BCUT2D eigenvalue weighted by molar-refractivity contribution is -0.137. The van der Waals surface area contributed by atoms with E-state index in [0.717, 1.165) is 10.9 Å². The zero-order valence-corrected chi connectivity index (χ0v) is 10.5. The molecule has 1 atom stereocenters. The Labute approximate surface area is 109 Å². The van der Waals surface area contributed by atoms with Crippen LogP contribution in [-0.2, 0) is 4.79 Å². The molecule has 19 heavy (non-hydrogen) atoms. The van der Waals surface area contributed by atoms with E-state index in [0.29, 0.717) is 12.0 Å². The lowest BCUT2D eigenvalue weighted by atomic mass is 10.1. The number of benzene rings is 1. The molecule has 0 saturated carbocycles. The molecule has 0 aliphatic carbocycles. The molecule has 0 aliphatic heterocycles. The molecule has 3 N–H and O–H groups in total. The number of carbonyl (C=O) groups is 2. The lowest BCUT2D eigenvalue weighted by Gasteiger charge is -2.14. The SMILES string of the molecule is CCC(CC(=O)O)NC(=O)c1ccc2cn[nH]c2c1. The van der Waals surface area contributed by atoms with Crippen LogP contribution in [0.4, 0.5) is 0 Å². The fourth-order valence-electron chi connectivity index (χ4n) is 1.86. The van der Waals surface area contributed by atoms with Crippen LogP contribution in [0, 0.1) is 0 Å². The second-order valence-electron chi connectivity index (χ2n) is 4.35. The highest BCUT2D eigenvalue weighted by molar-refractivity contribution is 5.98. The summed E-state index contributed by atoms with van der Waals surface area (Å²) in [6.45, 7) is 1.84. The molecule has 0 saturated heterocycles. The number of aromatic nitrogens is 2. The van der Waals surface area contributed by atoms with Crippen molar-refractivity contribution in [2.45, 2.75) is 25.8 Å². The van der Waals surface area contributed by atoms with Crippen molar-refractivity contribution < 1.29 is 14.7 Å². The Balaban J connectivity index is 2.11. The number of amides is 1. The molecule has 2 aromatic rings. The molecule has 1 aromatic carbocycles. The summed E-state index contributed by atoms with van der Waals surface area (Å²) < 4.78 is 0. The molecular formula is C13H15N3O3. The van der Waals surface area contributed by atoms with Crippen LogP contribution in [0.2, 0.25) is 0 Å². The molecule has 0 aliphatic rings. The predicted octanol–water partition coefficient (Wildman–Crippen LogP) is 1.55. The van der Waals surface area contributed by atoms with Crippen LogP contribution in [0.3, 0.4) is 0 Å². The van der Waals surface area contributed by atoms with Crippen LogP contribution in [-0.4, -0.2) is 33.2 Å². The third kappa shape index (κ3) is 3.09. The maximum Gasteiger partial charge on any atom is 0.305 e. The first-order valence-corrected chi connectivity index (χ1v) is 6.06. The van der Waals surface area contributed by atoms with E-state index in [1.807, 2.05) is 6.92 Å². The minimum atomic E-state index is -0.920. The number of nitrogens with one attached hydrogen (secondary N) is 2. The summed E-state index contributed by atoms with van der Waals surface area (Å²) >= 11 is 0. The minimum absolute atomic E-state index is 0.0749. The zero-order valence-electron chi connectivity index (χ0n) is 10.5. The van der Waals surface area contributed by atoms with Crippen molar-refractivity contribution in [3.63, 3.8) is 0 Å². The van der Waals surface area contributed by atoms with Crippen molar-refractivity contribution in [2.75, 3.05) is 0 Å². The number of carboxylic acids is 1. The Hall–Kier alpha value is -2.37. The summed E-state index contributed by atoms with van der Waals surface area (Å²) in [7, 11) is 0. The van der Waals surface area contributed by atoms with Gasteiger partial charge in [0.05, 0.1) is 18.1 Å². The van der Waals surface area contributed by atoms with E-state index in [1.54, 1.807) is 24.4 Å². The van der Waals surface area contributed by atoms with Gasteiger partial charge in [-0.05, 0) is 18.6 Å². The Kier molecular flexibility index (Phi) is 3.79. The number of carboxylic acid groups (broad SMARTS) is 1. The van der Waals surface area contributed by atoms with E-state index >= 15 is 0 Å². The summed E-state index contributed by atoms with van der Waals surface area (Å²) in [5.74, 6) is -1.19. The first-order chi connectivity index (χ1) is 9.10. The van der Waals surface area contributed by atoms with E-state index in [4.69, 9.17) is 5.11 Å². The largest absolute Gasteiger partial charge is 0.481 e. The Morgan fingerprint density at radius 3 is 2.95 bits per heavy atom. The van der Waals surface area contributed by atoms with Gasteiger partial charge in [-0.3, -0.25) is 14.7 Å². The molecule has 0 bridgehead atoms. The first kappa shape index (κ1) is 13.1. The van der Waals surface area contributed by atoms with Gasteiger partial charge in [0.15, 0.2) is 0 Å². The number of rotatable bonds is 5. The smallest absolute Gasteiger partial charge is 0.305 e. The second-order valence-corrected chi connectivity index (χ2v) is 4.35. The van der Waals surface area contributed by atoms with E-state index in [1.165, 1.54) is 0 Å². The standard InChI is InChI=1S/C13H15N3O3/c1-2-10(6-12(17)18)15-13(19)8-3-4-9-7-14-16-11(9)5-8/h3-5,7,10H,2,6H2,1H3,(H,14,16)(H,15,19)(H,17,18). The van der Waals surface area contributed by atoms with Crippen LogP contribution in [0.5, 0.6) is 0 Å². The van der Waals surface area contributed by atoms with Crippen molar-refractivity contribution in [3.8, 4) is 0 Å². The third-order valence-electron chi connectivity index (χ3n) is 2.95. The minimum Gasteiger partial charge on any atom is -0.481 e. The Morgan fingerprint density at radius 1 is 1.47 bits per heavy atom. The third-order valence-corrected chi connectivity index (χ3v) is 2.95. The van der Waals surface area contributed by atoms with Crippen LogP contribution in [0.1, 0.15) is 30.1 Å². The molecule has 6 heteroatoms. The highest BCUT2D eigenvalue weighted by atomic mass is 16.4. The number of aromatic amines is 1. The monoisotopic (exact) mass is 261 g/mol. The van der Waals surface area contributed by atoms with Crippen molar-refractivity contribution >= 4 is 22.8 Å². The van der Waals surface area contributed by atoms with E-state index < -0.39 is 5.97 Å². The van der Waals surface area contributed by atoms with Gasteiger partial charge in [0.25, 0.3) is 5.91 Å². The summed E-state index contributed by atoms with van der Waals surface area (Å²) in [5.41, 5.74) is 1.26. The fourth-order valence-corrected chi connectivity index (χ4v) is 1.86.